The van der Waals surface area contributed by atoms with Gasteiger partial charge in [-0.1, -0.05) is 42.5 Å². The molecule has 2 bridgehead atoms. The lowest BCUT2D eigenvalue weighted by Gasteiger charge is -2.23. The number of nitrogens with one attached hydrogen (secondary N) is 1. The summed E-state index contributed by atoms with van der Waals surface area (Å²) in [5, 5.41) is 14.5. The van der Waals surface area contributed by atoms with E-state index in [2.05, 4.69) is 5.32 Å². The number of hydrogen-bond donors (Lipinski definition) is 2. The van der Waals surface area contributed by atoms with Gasteiger partial charge in [-0.15, -0.1) is 0 Å². The first-order valence-electron chi connectivity index (χ1n) is 7.84. The van der Waals surface area contributed by atoms with Gasteiger partial charge in [0.25, 0.3) is 0 Å². The first kappa shape index (κ1) is 14.0. The Labute approximate surface area is 133 Å². The quantitative estimate of drug-likeness (QED) is 0.855. The molecule has 2 N–H and O–H groups in total. The van der Waals surface area contributed by atoms with Crippen molar-refractivity contribution in [3.63, 3.8) is 0 Å². The summed E-state index contributed by atoms with van der Waals surface area (Å²) >= 11 is 0. The molecule has 0 spiro atoms. The molecular weight excluding hydrogens is 290 g/mol. The van der Waals surface area contributed by atoms with E-state index in [0.717, 1.165) is 17.2 Å². The lowest BCUT2D eigenvalue weighted by molar-refractivity contribution is -0.146. The Morgan fingerprint density at radius 2 is 1.65 bits per heavy atom. The SMILES string of the molecule is O=C(Nc1ccc2ccccc2c1)[C@@H]1[C@H](C(=O)O)[C@H]2C=C[C@@H]1C2. The zero-order chi connectivity index (χ0) is 16.0. The molecule has 4 heteroatoms. The smallest absolute Gasteiger partial charge is 0.307 e. The van der Waals surface area contributed by atoms with E-state index in [1.54, 1.807) is 0 Å². The van der Waals surface area contributed by atoms with E-state index in [1.807, 2.05) is 54.6 Å². The highest BCUT2D eigenvalue weighted by Gasteiger charge is 2.51. The Hall–Kier alpha value is -2.62. The monoisotopic (exact) mass is 307 g/mol. The molecule has 23 heavy (non-hydrogen) atoms. The highest BCUT2D eigenvalue weighted by atomic mass is 16.4. The topological polar surface area (TPSA) is 66.4 Å². The van der Waals surface area contributed by atoms with Crippen LogP contribution in [0.5, 0.6) is 0 Å². The van der Waals surface area contributed by atoms with Crippen molar-refractivity contribution in [1.29, 1.82) is 0 Å². The van der Waals surface area contributed by atoms with E-state index in [9.17, 15) is 14.7 Å². The van der Waals surface area contributed by atoms with Crippen LogP contribution in [0.1, 0.15) is 6.42 Å². The molecule has 0 aliphatic heterocycles. The average Bonchev–Trinajstić information content (AvgIpc) is 3.15. The van der Waals surface area contributed by atoms with Crippen LogP contribution in [0.4, 0.5) is 5.69 Å². The van der Waals surface area contributed by atoms with Gasteiger partial charge in [-0.05, 0) is 41.2 Å². The van der Waals surface area contributed by atoms with Crippen LogP contribution in [-0.4, -0.2) is 17.0 Å². The third kappa shape index (κ3) is 2.31. The van der Waals surface area contributed by atoms with E-state index in [1.165, 1.54) is 0 Å². The number of benzene rings is 2. The summed E-state index contributed by atoms with van der Waals surface area (Å²) in [5.74, 6) is -2.11. The summed E-state index contributed by atoms with van der Waals surface area (Å²) < 4.78 is 0. The Balaban J connectivity index is 1.59. The van der Waals surface area contributed by atoms with E-state index in [0.29, 0.717) is 5.69 Å². The molecule has 1 amide bonds. The molecule has 0 heterocycles. The van der Waals surface area contributed by atoms with Crippen LogP contribution in [0.3, 0.4) is 0 Å². The molecule has 2 aromatic carbocycles. The first-order valence-corrected chi connectivity index (χ1v) is 7.84. The zero-order valence-corrected chi connectivity index (χ0v) is 12.5. The molecule has 0 radical (unpaired) electrons. The van der Waals surface area contributed by atoms with Crippen LogP contribution in [-0.2, 0) is 9.59 Å². The molecule has 4 nitrogen and oxygen atoms in total. The minimum Gasteiger partial charge on any atom is -0.481 e. The van der Waals surface area contributed by atoms with Gasteiger partial charge in [-0.3, -0.25) is 9.59 Å². The largest absolute Gasteiger partial charge is 0.481 e. The molecular formula is C19H17NO3. The maximum absolute atomic E-state index is 12.6. The van der Waals surface area contributed by atoms with Crippen molar-refractivity contribution in [1.82, 2.24) is 0 Å². The summed E-state index contributed by atoms with van der Waals surface area (Å²) in [5.41, 5.74) is 0.713. The highest BCUT2D eigenvalue weighted by molar-refractivity contribution is 5.98. The zero-order valence-electron chi connectivity index (χ0n) is 12.5. The summed E-state index contributed by atoms with van der Waals surface area (Å²) in [4.78, 5) is 24.2. The number of hydrogen-bond acceptors (Lipinski definition) is 2. The molecule has 4 atom stereocenters. The van der Waals surface area contributed by atoms with E-state index in [-0.39, 0.29) is 17.7 Å². The second-order valence-electron chi connectivity index (χ2n) is 6.39. The third-order valence-electron chi connectivity index (χ3n) is 5.06. The van der Waals surface area contributed by atoms with Gasteiger partial charge in [-0.2, -0.15) is 0 Å². The van der Waals surface area contributed by atoms with Gasteiger partial charge in [0.1, 0.15) is 0 Å². The molecule has 1 fully saturated rings. The number of allylic oxidation sites excluding steroid dienone is 2. The van der Waals surface area contributed by atoms with Crippen molar-refractivity contribution in [3.05, 3.63) is 54.6 Å². The van der Waals surface area contributed by atoms with Crippen LogP contribution in [0, 0.1) is 23.7 Å². The second-order valence-corrected chi connectivity index (χ2v) is 6.39. The van der Waals surface area contributed by atoms with Gasteiger partial charge < -0.3 is 10.4 Å². The highest BCUT2D eigenvalue weighted by Crippen LogP contribution is 2.48. The molecule has 0 unspecified atom stereocenters. The van der Waals surface area contributed by atoms with E-state index < -0.39 is 17.8 Å². The number of carbonyl (C=O) groups excluding carboxylic acids is 1. The van der Waals surface area contributed by atoms with Gasteiger partial charge in [-0.25, -0.2) is 0 Å². The predicted octanol–water partition coefficient (Wildman–Crippen LogP) is 3.30. The molecule has 2 aromatic rings. The van der Waals surface area contributed by atoms with Gasteiger partial charge in [0.05, 0.1) is 11.8 Å². The number of anilines is 1. The lowest BCUT2D eigenvalue weighted by Crippen LogP contribution is -2.36. The standard InChI is InChI=1S/C19H17NO3/c21-18(16-13-5-6-14(9-13)17(16)19(22)23)20-15-8-7-11-3-1-2-4-12(11)10-15/h1-8,10,13-14,16-17H,9H2,(H,20,21)(H,22,23)/t13-,14+,16+,17-/m1/s1. The van der Waals surface area contributed by atoms with Crippen LogP contribution in [0.15, 0.2) is 54.6 Å². The molecule has 4 rings (SSSR count). The van der Waals surface area contributed by atoms with Gasteiger partial charge >= 0.3 is 5.97 Å². The number of carbonyl (C=O) groups is 2. The fourth-order valence-corrected chi connectivity index (χ4v) is 4.01. The van der Waals surface area contributed by atoms with Gasteiger partial charge in [0.15, 0.2) is 0 Å². The summed E-state index contributed by atoms with van der Waals surface area (Å²) in [6, 6.07) is 13.7. The van der Waals surface area contributed by atoms with Crippen molar-refractivity contribution in [3.8, 4) is 0 Å². The molecule has 2 aliphatic rings. The van der Waals surface area contributed by atoms with Crippen molar-refractivity contribution >= 4 is 28.3 Å². The Morgan fingerprint density at radius 1 is 0.957 bits per heavy atom. The fraction of sp³-hybridized carbons (Fsp3) is 0.263. The van der Waals surface area contributed by atoms with Crippen molar-refractivity contribution in [2.24, 2.45) is 23.7 Å². The van der Waals surface area contributed by atoms with Crippen LogP contribution >= 0.6 is 0 Å². The molecule has 2 aliphatic carbocycles. The number of fused-ring (bicyclic) bond motifs is 3. The number of carboxylic acids is 1. The van der Waals surface area contributed by atoms with Crippen molar-refractivity contribution < 1.29 is 14.7 Å². The van der Waals surface area contributed by atoms with Crippen LogP contribution < -0.4 is 5.32 Å². The molecule has 1 saturated carbocycles. The van der Waals surface area contributed by atoms with Gasteiger partial charge in [0, 0.05) is 5.69 Å². The number of rotatable bonds is 3. The normalized spacial score (nSPS) is 28.2. The molecule has 116 valence electrons. The minimum absolute atomic E-state index is 0.00939. The predicted molar refractivity (Wildman–Crippen MR) is 87.9 cm³/mol. The van der Waals surface area contributed by atoms with Gasteiger partial charge in [0.2, 0.25) is 5.91 Å². The lowest BCUT2D eigenvalue weighted by atomic mass is 9.82. The Kier molecular flexibility index (Phi) is 3.18. The average molecular weight is 307 g/mol. The van der Waals surface area contributed by atoms with E-state index in [4.69, 9.17) is 0 Å². The second kappa shape index (κ2) is 5.23. The molecule has 0 saturated heterocycles. The minimum atomic E-state index is -0.875. The number of amides is 1. The summed E-state index contributed by atoms with van der Waals surface area (Å²) in [6.45, 7) is 0. The molecule has 0 aromatic heterocycles. The van der Waals surface area contributed by atoms with E-state index >= 15 is 0 Å². The van der Waals surface area contributed by atoms with Crippen LogP contribution in [0.2, 0.25) is 0 Å². The number of aliphatic carboxylic acids is 1. The summed E-state index contributed by atoms with van der Waals surface area (Å²) in [6.07, 6.45) is 4.71. The Morgan fingerprint density at radius 3 is 2.39 bits per heavy atom. The third-order valence-corrected chi connectivity index (χ3v) is 5.06. The Bertz CT molecular complexity index is 826. The van der Waals surface area contributed by atoms with Crippen LogP contribution in [0.25, 0.3) is 10.8 Å². The maximum atomic E-state index is 12.6. The van der Waals surface area contributed by atoms with Crippen molar-refractivity contribution in [2.45, 2.75) is 6.42 Å². The summed E-state index contributed by atoms with van der Waals surface area (Å²) in [7, 11) is 0. The maximum Gasteiger partial charge on any atom is 0.307 e. The number of carboxylic acid groups (broad SMARTS) is 1. The first-order chi connectivity index (χ1) is 11.1. The fourth-order valence-electron chi connectivity index (χ4n) is 4.01. The van der Waals surface area contributed by atoms with Crippen molar-refractivity contribution in [2.75, 3.05) is 5.32 Å².